The maximum atomic E-state index is 12.9. The molecule has 0 unspecified atom stereocenters. The van der Waals surface area contributed by atoms with Gasteiger partial charge in [0.1, 0.15) is 0 Å². The number of rotatable bonds is 7. The second-order valence-corrected chi connectivity index (χ2v) is 7.09. The third-order valence-corrected chi connectivity index (χ3v) is 4.54. The van der Waals surface area contributed by atoms with Gasteiger partial charge in [0.2, 0.25) is 0 Å². The Hall–Kier alpha value is -3.12. The van der Waals surface area contributed by atoms with E-state index in [1.807, 2.05) is 74.8 Å². The molecule has 2 N–H and O–H groups in total. The maximum Gasteiger partial charge on any atom is 0.322 e. The van der Waals surface area contributed by atoms with Gasteiger partial charge in [-0.3, -0.25) is 4.79 Å². The van der Waals surface area contributed by atoms with Gasteiger partial charge in [-0.05, 0) is 56.7 Å². The maximum absolute atomic E-state index is 12.9. The Morgan fingerprint density at radius 3 is 2.46 bits per heavy atom. The molecule has 2 amide bonds. The molecule has 28 heavy (non-hydrogen) atoms. The highest BCUT2D eigenvalue weighted by Gasteiger charge is 2.16. The van der Waals surface area contributed by atoms with E-state index in [9.17, 15) is 9.59 Å². The minimum Gasteiger partial charge on any atom is -0.322 e. The zero-order valence-electron chi connectivity index (χ0n) is 16.3. The van der Waals surface area contributed by atoms with Crippen molar-refractivity contribution in [3.05, 3.63) is 76.6 Å². The Labute approximate surface area is 164 Å². The van der Waals surface area contributed by atoms with Crippen molar-refractivity contribution in [1.29, 1.82) is 0 Å². The number of aromatic amines is 1. The molecule has 3 aromatic rings. The molecule has 1 heterocycles. The monoisotopic (exact) mass is 378 g/mol. The molecule has 0 fully saturated rings. The Morgan fingerprint density at radius 1 is 1.00 bits per heavy atom. The molecule has 0 bridgehead atoms. The van der Waals surface area contributed by atoms with Crippen molar-refractivity contribution in [3.8, 4) is 0 Å². The van der Waals surface area contributed by atoms with Crippen LogP contribution < -0.4 is 10.9 Å². The van der Waals surface area contributed by atoms with E-state index in [4.69, 9.17) is 0 Å². The van der Waals surface area contributed by atoms with Crippen molar-refractivity contribution in [1.82, 2.24) is 14.8 Å². The highest BCUT2D eigenvalue weighted by molar-refractivity contribution is 5.89. The predicted octanol–water partition coefficient (Wildman–Crippen LogP) is 3.51. The summed E-state index contributed by atoms with van der Waals surface area (Å²) in [6.45, 7) is 1.68. The highest BCUT2D eigenvalue weighted by Crippen LogP contribution is 2.13. The van der Waals surface area contributed by atoms with E-state index < -0.39 is 0 Å². The third kappa shape index (κ3) is 5.20. The van der Waals surface area contributed by atoms with Gasteiger partial charge in [-0.15, -0.1) is 0 Å². The molecule has 0 aliphatic rings. The van der Waals surface area contributed by atoms with Crippen molar-refractivity contribution >= 4 is 22.6 Å². The third-order valence-electron chi connectivity index (χ3n) is 4.54. The van der Waals surface area contributed by atoms with E-state index in [1.54, 1.807) is 4.90 Å². The number of nitrogens with one attached hydrogen (secondary N) is 2. The van der Waals surface area contributed by atoms with Gasteiger partial charge in [-0.1, -0.05) is 36.4 Å². The quantitative estimate of drug-likeness (QED) is 0.661. The van der Waals surface area contributed by atoms with Crippen LogP contribution in [0.1, 0.15) is 12.0 Å². The second-order valence-electron chi connectivity index (χ2n) is 7.09. The molecule has 0 radical (unpaired) electrons. The zero-order valence-corrected chi connectivity index (χ0v) is 16.3. The van der Waals surface area contributed by atoms with Gasteiger partial charge in [-0.25, -0.2) is 4.79 Å². The number of fused-ring (bicyclic) bond motifs is 1. The molecule has 0 atom stereocenters. The fraction of sp³-hybridized carbons (Fsp3) is 0.273. The van der Waals surface area contributed by atoms with Gasteiger partial charge >= 0.3 is 6.03 Å². The van der Waals surface area contributed by atoms with E-state index in [2.05, 4.69) is 15.2 Å². The van der Waals surface area contributed by atoms with Gasteiger partial charge in [-0.2, -0.15) is 0 Å². The van der Waals surface area contributed by atoms with Crippen LogP contribution >= 0.6 is 0 Å². The lowest BCUT2D eigenvalue weighted by atomic mass is 10.1. The first-order valence-electron chi connectivity index (χ1n) is 9.39. The van der Waals surface area contributed by atoms with Gasteiger partial charge in [0, 0.05) is 23.3 Å². The summed E-state index contributed by atoms with van der Waals surface area (Å²) in [7, 11) is 4.00. The SMILES string of the molecule is CN(C)CCCN(Cc1cc2ccccc2[nH]c1=O)C(=O)Nc1ccccc1. The molecule has 6 nitrogen and oxygen atoms in total. The first kappa shape index (κ1) is 19.6. The van der Waals surface area contributed by atoms with E-state index in [-0.39, 0.29) is 18.1 Å². The number of hydrogen-bond donors (Lipinski definition) is 2. The lowest BCUT2D eigenvalue weighted by Gasteiger charge is -2.24. The minimum atomic E-state index is -0.211. The predicted molar refractivity (Wildman–Crippen MR) is 114 cm³/mol. The van der Waals surface area contributed by atoms with Crippen LogP contribution in [0.25, 0.3) is 10.9 Å². The number of benzene rings is 2. The number of carbonyl (C=O) groups is 1. The van der Waals surface area contributed by atoms with Gasteiger partial charge in [0.15, 0.2) is 0 Å². The van der Waals surface area contributed by atoms with Crippen molar-refractivity contribution in [2.75, 3.05) is 32.5 Å². The number of hydrogen-bond acceptors (Lipinski definition) is 3. The Morgan fingerprint density at radius 2 is 1.71 bits per heavy atom. The number of pyridine rings is 1. The molecule has 3 rings (SSSR count). The standard InChI is InChI=1S/C22H26N4O2/c1-25(2)13-8-14-26(22(28)23-19-10-4-3-5-11-19)16-18-15-17-9-6-7-12-20(17)24-21(18)27/h3-7,9-12,15H,8,13-14,16H2,1-2H3,(H,23,28)(H,24,27). The molecule has 1 aromatic heterocycles. The molecular formula is C22H26N4O2. The Balaban J connectivity index is 1.80. The first-order chi connectivity index (χ1) is 13.5. The number of amides is 2. The first-order valence-corrected chi connectivity index (χ1v) is 9.39. The lowest BCUT2D eigenvalue weighted by Crippen LogP contribution is -2.37. The largest absolute Gasteiger partial charge is 0.322 e. The van der Waals surface area contributed by atoms with Gasteiger partial charge < -0.3 is 20.1 Å². The molecule has 2 aromatic carbocycles. The molecule has 0 aliphatic carbocycles. The van der Waals surface area contributed by atoms with Crippen LogP contribution in [0, 0.1) is 0 Å². The molecule has 0 saturated carbocycles. The number of anilines is 1. The zero-order chi connectivity index (χ0) is 19.9. The summed E-state index contributed by atoms with van der Waals surface area (Å²) < 4.78 is 0. The topological polar surface area (TPSA) is 68.4 Å². The lowest BCUT2D eigenvalue weighted by molar-refractivity contribution is 0.205. The molecular weight excluding hydrogens is 352 g/mol. The fourth-order valence-corrected chi connectivity index (χ4v) is 3.07. The summed E-state index contributed by atoms with van der Waals surface area (Å²) in [6.07, 6.45) is 0.820. The van der Waals surface area contributed by atoms with E-state index >= 15 is 0 Å². The smallest absolute Gasteiger partial charge is 0.322 e. The highest BCUT2D eigenvalue weighted by atomic mass is 16.2. The van der Waals surface area contributed by atoms with E-state index in [0.717, 1.165) is 29.6 Å². The molecule has 0 aliphatic heterocycles. The summed E-state index contributed by atoms with van der Waals surface area (Å²) in [5.41, 5.74) is 1.94. The summed E-state index contributed by atoms with van der Waals surface area (Å²) in [6, 6.07) is 18.6. The minimum absolute atomic E-state index is 0.163. The fourth-order valence-electron chi connectivity index (χ4n) is 3.07. The molecule has 0 saturated heterocycles. The molecule has 146 valence electrons. The number of aromatic nitrogens is 1. The number of para-hydroxylation sites is 2. The van der Waals surface area contributed by atoms with Crippen LogP contribution in [-0.4, -0.2) is 48.0 Å². The second kappa shape index (κ2) is 9.19. The molecule has 0 spiro atoms. The summed E-state index contributed by atoms with van der Waals surface area (Å²) in [4.78, 5) is 32.0. The number of urea groups is 1. The van der Waals surface area contributed by atoms with Crippen LogP contribution in [0.5, 0.6) is 0 Å². The number of carbonyl (C=O) groups excluding carboxylic acids is 1. The van der Waals surface area contributed by atoms with E-state index in [1.165, 1.54) is 0 Å². The van der Waals surface area contributed by atoms with Crippen molar-refractivity contribution < 1.29 is 4.79 Å². The van der Waals surface area contributed by atoms with Crippen molar-refractivity contribution in [2.24, 2.45) is 0 Å². The normalized spacial score (nSPS) is 11.0. The van der Waals surface area contributed by atoms with Gasteiger partial charge in [0.25, 0.3) is 5.56 Å². The Bertz CT molecular complexity index is 982. The van der Waals surface area contributed by atoms with Crippen LogP contribution in [0.3, 0.4) is 0 Å². The Kier molecular flexibility index (Phi) is 6.45. The van der Waals surface area contributed by atoms with Crippen LogP contribution in [0.4, 0.5) is 10.5 Å². The van der Waals surface area contributed by atoms with Gasteiger partial charge in [0.05, 0.1) is 6.54 Å². The number of nitrogens with zero attached hydrogens (tertiary/aromatic N) is 2. The summed E-state index contributed by atoms with van der Waals surface area (Å²) >= 11 is 0. The van der Waals surface area contributed by atoms with Crippen LogP contribution in [-0.2, 0) is 6.54 Å². The van der Waals surface area contributed by atoms with Crippen LogP contribution in [0.2, 0.25) is 0 Å². The summed E-state index contributed by atoms with van der Waals surface area (Å²) in [5, 5.41) is 3.87. The molecule has 6 heteroatoms. The van der Waals surface area contributed by atoms with E-state index in [0.29, 0.717) is 12.1 Å². The number of H-pyrrole nitrogens is 1. The average molecular weight is 378 g/mol. The average Bonchev–Trinajstić information content (AvgIpc) is 2.68. The van der Waals surface area contributed by atoms with Crippen molar-refractivity contribution in [2.45, 2.75) is 13.0 Å². The van der Waals surface area contributed by atoms with Crippen molar-refractivity contribution in [3.63, 3.8) is 0 Å². The van der Waals surface area contributed by atoms with Crippen LogP contribution in [0.15, 0.2) is 65.5 Å². The summed E-state index contributed by atoms with van der Waals surface area (Å²) in [5.74, 6) is 0.